The van der Waals surface area contributed by atoms with Crippen LogP contribution >= 0.6 is 22.7 Å². The second kappa shape index (κ2) is 11.2. The first-order valence-electron chi connectivity index (χ1n) is 16.9. The standard InChI is InChI=1S/C45H26N4S2/c1-3-11-27(12-4-1)43-46-44(28-13-5-2-6-14-28)48-45(47-43)29-19-21-33-35-25-36-34-22-20-30(24-40(34)51-42(36)26-41(35)50-39(33)23-29)49-37-17-9-7-15-31(37)32-16-8-10-18-38(32)49/h1-26H. The zero-order valence-corrected chi connectivity index (χ0v) is 28.7. The molecule has 0 saturated carbocycles. The first-order chi connectivity index (χ1) is 25.2. The van der Waals surface area contributed by atoms with Crippen molar-refractivity contribution in [2.24, 2.45) is 0 Å². The van der Waals surface area contributed by atoms with Crippen LogP contribution in [0.5, 0.6) is 0 Å². The minimum atomic E-state index is 0.671. The average Bonchev–Trinajstić information content (AvgIpc) is 3.85. The number of fused-ring (bicyclic) bond motifs is 9. The summed E-state index contributed by atoms with van der Waals surface area (Å²) in [6.45, 7) is 0. The molecule has 0 unspecified atom stereocenters. The fraction of sp³-hybridized carbons (Fsp3) is 0. The van der Waals surface area contributed by atoms with Crippen LogP contribution in [0, 0.1) is 0 Å². The van der Waals surface area contributed by atoms with Crippen LogP contribution in [0.15, 0.2) is 158 Å². The van der Waals surface area contributed by atoms with Crippen molar-refractivity contribution in [3.63, 3.8) is 0 Å². The molecule has 11 rings (SSSR count). The molecule has 0 N–H and O–H groups in total. The molecule has 0 radical (unpaired) electrons. The third-order valence-electron chi connectivity index (χ3n) is 9.84. The van der Waals surface area contributed by atoms with Crippen molar-refractivity contribution in [1.29, 1.82) is 0 Å². The second-order valence-electron chi connectivity index (χ2n) is 12.8. The zero-order chi connectivity index (χ0) is 33.5. The van der Waals surface area contributed by atoms with Crippen LogP contribution in [0.4, 0.5) is 0 Å². The lowest BCUT2D eigenvalue weighted by Crippen LogP contribution is -1.99. The summed E-state index contributed by atoms with van der Waals surface area (Å²) >= 11 is 3.71. The SMILES string of the molecule is c1ccc(-c2nc(-c3ccccc3)nc(-c3ccc4c(c3)sc3cc5sc6cc(-n7c8ccccc8c8ccccc87)ccc6c5cc34)n2)cc1. The Kier molecular flexibility index (Phi) is 6.26. The lowest BCUT2D eigenvalue weighted by molar-refractivity contribution is 1.07. The van der Waals surface area contributed by atoms with Gasteiger partial charge in [0.1, 0.15) is 0 Å². The molecule has 0 spiro atoms. The maximum Gasteiger partial charge on any atom is 0.164 e. The zero-order valence-electron chi connectivity index (χ0n) is 27.1. The Balaban J connectivity index is 1.03. The molecule has 0 bridgehead atoms. The summed E-state index contributed by atoms with van der Waals surface area (Å²) < 4.78 is 7.51. The minimum Gasteiger partial charge on any atom is -0.309 e. The lowest BCUT2D eigenvalue weighted by Gasteiger charge is -2.08. The van der Waals surface area contributed by atoms with Crippen molar-refractivity contribution >= 4 is 84.8 Å². The summed E-state index contributed by atoms with van der Waals surface area (Å²) in [7, 11) is 0. The normalized spacial score (nSPS) is 11.9. The van der Waals surface area contributed by atoms with E-state index in [2.05, 4.69) is 102 Å². The third kappa shape index (κ3) is 4.54. The molecule has 238 valence electrons. The van der Waals surface area contributed by atoms with E-state index >= 15 is 0 Å². The average molecular weight is 687 g/mol. The van der Waals surface area contributed by atoms with Gasteiger partial charge in [-0.3, -0.25) is 0 Å². The van der Waals surface area contributed by atoms with Gasteiger partial charge < -0.3 is 4.57 Å². The van der Waals surface area contributed by atoms with Crippen LogP contribution in [0.3, 0.4) is 0 Å². The van der Waals surface area contributed by atoms with E-state index in [1.54, 1.807) is 0 Å². The van der Waals surface area contributed by atoms with E-state index in [-0.39, 0.29) is 0 Å². The molecule has 0 aliphatic carbocycles. The number of nitrogens with zero attached hydrogens (tertiary/aromatic N) is 4. The molecule has 0 atom stereocenters. The van der Waals surface area contributed by atoms with Gasteiger partial charge in [-0.05, 0) is 42.5 Å². The molecule has 0 aliphatic heterocycles. The Hall–Kier alpha value is -6.21. The number of hydrogen-bond donors (Lipinski definition) is 0. The largest absolute Gasteiger partial charge is 0.309 e. The minimum absolute atomic E-state index is 0.671. The number of hydrogen-bond acceptors (Lipinski definition) is 5. The summed E-state index contributed by atoms with van der Waals surface area (Å²) in [4.78, 5) is 14.8. The maximum absolute atomic E-state index is 4.97. The Labute approximate surface area is 300 Å². The highest BCUT2D eigenvalue weighted by Crippen LogP contribution is 2.43. The van der Waals surface area contributed by atoms with Gasteiger partial charge in [-0.25, -0.2) is 15.0 Å². The van der Waals surface area contributed by atoms with Gasteiger partial charge in [0.15, 0.2) is 17.5 Å². The van der Waals surface area contributed by atoms with Crippen LogP contribution in [0.25, 0.3) is 102 Å². The van der Waals surface area contributed by atoms with Crippen LogP contribution in [0.1, 0.15) is 0 Å². The Bertz CT molecular complexity index is 3030. The molecular formula is C45H26N4S2. The molecule has 11 aromatic rings. The summed E-state index contributed by atoms with van der Waals surface area (Å²) in [6, 6.07) is 56.0. The number of rotatable bonds is 4. The molecule has 4 heterocycles. The molecule has 4 nitrogen and oxygen atoms in total. The molecule has 0 saturated heterocycles. The predicted molar refractivity (Wildman–Crippen MR) is 216 cm³/mol. The Morgan fingerprint density at radius 1 is 0.333 bits per heavy atom. The van der Waals surface area contributed by atoms with Crippen LogP contribution in [-0.2, 0) is 0 Å². The van der Waals surface area contributed by atoms with E-state index in [0.29, 0.717) is 17.5 Å². The van der Waals surface area contributed by atoms with Crippen LogP contribution in [0.2, 0.25) is 0 Å². The van der Waals surface area contributed by atoms with Gasteiger partial charge in [0.25, 0.3) is 0 Å². The first-order valence-corrected chi connectivity index (χ1v) is 18.6. The van der Waals surface area contributed by atoms with Crippen molar-refractivity contribution in [2.75, 3.05) is 0 Å². The number of aromatic nitrogens is 4. The molecule has 51 heavy (non-hydrogen) atoms. The summed E-state index contributed by atoms with van der Waals surface area (Å²) in [5.74, 6) is 2.02. The van der Waals surface area contributed by atoms with Gasteiger partial charge in [0.05, 0.1) is 11.0 Å². The molecule has 6 heteroatoms. The highest BCUT2D eigenvalue weighted by Gasteiger charge is 2.17. The third-order valence-corrected chi connectivity index (χ3v) is 12.1. The summed E-state index contributed by atoms with van der Waals surface area (Å²) in [5, 5.41) is 7.70. The lowest BCUT2D eigenvalue weighted by atomic mass is 10.1. The first kappa shape index (κ1) is 28.6. The quantitative estimate of drug-likeness (QED) is 0.185. The molecule has 0 fully saturated rings. The van der Waals surface area contributed by atoms with Crippen molar-refractivity contribution in [3.05, 3.63) is 158 Å². The number of benzene rings is 7. The number of para-hydroxylation sites is 2. The predicted octanol–water partition coefficient (Wildman–Crippen LogP) is 12.7. The monoisotopic (exact) mass is 686 g/mol. The van der Waals surface area contributed by atoms with Gasteiger partial charge in [-0.2, -0.15) is 0 Å². The fourth-order valence-corrected chi connectivity index (χ4v) is 9.85. The maximum atomic E-state index is 4.97. The van der Waals surface area contributed by atoms with Crippen molar-refractivity contribution in [3.8, 4) is 39.9 Å². The smallest absolute Gasteiger partial charge is 0.164 e. The molecule has 7 aromatic carbocycles. The summed E-state index contributed by atoms with van der Waals surface area (Å²) in [5.41, 5.74) is 6.57. The van der Waals surface area contributed by atoms with Gasteiger partial charge >= 0.3 is 0 Å². The second-order valence-corrected chi connectivity index (χ2v) is 15.0. The van der Waals surface area contributed by atoms with E-state index in [0.717, 1.165) is 16.7 Å². The highest BCUT2D eigenvalue weighted by molar-refractivity contribution is 7.28. The van der Waals surface area contributed by atoms with Gasteiger partial charge in [-0.1, -0.05) is 115 Å². The topological polar surface area (TPSA) is 43.6 Å². The molecule has 0 amide bonds. The van der Waals surface area contributed by atoms with Crippen LogP contribution < -0.4 is 0 Å². The highest BCUT2D eigenvalue weighted by atomic mass is 32.1. The van der Waals surface area contributed by atoms with E-state index in [1.165, 1.54) is 67.8 Å². The Morgan fingerprint density at radius 2 is 0.804 bits per heavy atom. The van der Waals surface area contributed by atoms with Gasteiger partial charge in [-0.15, -0.1) is 22.7 Å². The summed E-state index contributed by atoms with van der Waals surface area (Å²) in [6.07, 6.45) is 0. The fourth-order valence-electron chi connectivity index (χ4n) is 7.45. The van der Waals surface area contributed by atoms with E-state index in [9.17, 15) is 0 Å². The van der Waals surface area contributed by atoms with Crippen molar-refractivity contribution < 1.29 is 0 Å². The van der Waals surface area contributed by atoms with E-state index in [4.69, 9.17) is 15.0 Å². The van der Waals surface area contributed by atoms with E-state index in [1.807, 2.05) is 83.3 Å². The van der Waals surface area contributed by atoms with E-state index < -0.39 is 0 Å². The molecular weight excluding hydrogens is 661 g/mol. The van der Waals surface area contributed by atoms with Gasteiger partial charge in [0, 0.05) is 73.5 Å². The number of thiophene rings is 2. The van der Waals surface area contributed by atoms with Gasteiger partial charge in [0.2, 0.25) is 0 Å². The van der Waals surface area contributed by atoms with Crippen LogP contribution in [-0.4, -0.2) is 19.5 Å². The molecule has 4 aromatic heterocycles. The van der Waals surface area contributed by atoms with Crippen molar-refractivity contribution in [2.45, 2.75) is 0 Å². The Morgan fingerprint density at radius 3 is 1.39 bits per heavy atom. The molecule has 0 aliphatic rings. The van der Waals surface area contributed by atoms with Crippen molar-refractivity contribution in [1.82, 2.24) is 19.5 Å².